The third-order valence-corrected chi connectivity index (χ3v) is 4.36. The van der Waals surface area contributed by atoms with Crippen LogP contribution in [0, 0.1) is 11.7 Å². The fraction of sp³-hybridized carbons (Fsp3) is 0.625. The molecule has 1 unspecified atom stereocenters. The predicted molar refractivity (Wildman–Crippen MR) is 73.8 cm³/mol. The highest BCUT2D eigenvalue weighted by Gasteiger charge is 2.22. The van der Waals surface area contributed by atoms with Crippen LogP contribution in [0.2, 0.25) is 0 Å². The fourth-order valence-electron chi connectivity index (χ4n) is 2.91. The first-order valence-electron chi connectivity index (χ1n) is 7.48. The summed E-state index contributed by atoms with van der Waals surface area (Å²) in [5, 5.41) is 3.47. The molecule has 3 heteroatoms. The van der Waals surface area contributed by atoms with Gasteiger partial charge < -0.3 is 10.1 Å². The summed E-state index contributed by atoms with van der Waals surface area (Å²) in [5.41, 5.74) is 0.999. The molecule has 1 heterocycles. The Hall–Kier alpha value is -1.09. The number of piperidine rings is 1. The molecule has 0 bridgehead atoms. The molecule has 1 N–H and O–H groups in total. The van der Waals surface area contributed by atoms with Crippen molar-refractivity contribution in [1.29, 1.82) is 0 Å². The predicted octanol–water partition coefficient (Wildman–Crippen LogP) is 3.82. The molecule has 0 radical (unpaired) electrons. The SMILES string of the molecule is Fc1ccc(OCC2CCC2)c(C2CCCCN2)c1. The molecule has 0 aromatic heterocycles. The van der Waals surface area contributed by atoms with Crippen molar-refractivity contribution in [3.8, 4) is 5.75 Å². The Labute approximate surface area is 114 Å². The fourth-order valence-corrected chi connectivity index (χ4v) is 2.91. The molecule has 1 aromatic rings. The third-order valence-electron chi connectivity index (χ3n) is 4.36. The van der Waals surface area contributed by atoms with E-state index in [-0.39, 0.29) is 11.9 Å². The monoisotopic (exact) mass is 263 g/mol. The number of nitrogens with one attached hydrogen (secondary N) is 1. The molecule has 1 aliphatic heterocycles. The van der Waals surface area contributed by atoms with Crippen LogP contribution in [-0.2, 0) is 0 Å². The van der Waals surface area contributed by atoms with Crippen LogP contribution < -0.4 is 10.1 Å². The van der Waals surface area contributed by atoms with E-state index in [2.05, 4.69) is 5.32 Å². The van der Waals surface area contributed by atoms with Crippen molar-refractivity contribution in [2.45, 2.75) is 44.6 Å². The van der Waals surface area contributed by atoms with Gasteiger partial charge in [0.05, 0.1) is 6.61 Å². The molecule has 3 rings (SSSR count). The third kappa shape index (κ3) is 3.08. The lowest BCUT2D eigenvalue weighted by atomic mass is 9.86. The first kappa shape index (κ1) is 12.9. The van der Waals surface area contributed by atoms with E-state index >= 15 is 0 Å². The molecular weight excluding hydrogens is 241 g/mol. The largest absolute Gasteiger partial charge is 0.493 e. The van der Waals surface area contributed by atoms with Gasteiger partial charge in [-0.3, -0.25) is 0 Å². The lowest BCUT2D eigenvalue weighted by Gasteiger charge is -2.28. The lowest BCUT2D eigenvalue weighted by Crippen LogP contribution is -2.27. The van der Waals surface area contributed by atoms with Gasteiger partial charge in [0.25, 0.3) is 0 Å². The zero-order chi connectivity index (χ0) is 13.1. The number of hydrogen-bond acceptors (Lipinski definition) is 2. The summed E-state index contributed by atoms with van der Waals surface area (Å²) in [5.74, 6) is 1.41. The van der Waals surface area contributed by atoms with Crippen molar-refractivity contribution in [3.63, 3.8) is 0 Å². The van der Waals surface area contributed by atoms with Crippen LogP contribution in [0.15, 0.2) is 18.2 Å². The minimum atomic E-state index is -0.168. The summed E-state index contributed by atoms with van der Waals surface area (Å²) in [6, 6.07) is 5.18. The van der Waals surface area contributed by atoms with E-state index in [4.69, 9.17) is 4.74 Å². The van der Waals surface area contributed by atoms with Gasteiger partial charge in [0.15, 0.2) is 0 Å². The molecule has 1 atom stereocenters. The Morgan fingerprint density at radius 2 is 2.05 bits per heavy atom. The van der Waals surface area contributed by atoms with Crippen molar-refractivity contribution in [3.05, 3.63) is 29.6 Å². The van der Waals surface area contributed by atoms with E-state index in [1.807, 2.05) is 0 Å². The lowest BCUT2D eigenvalue weighted by molar-refractivity contribution is 0.178. The molecule has 0 spiro atoms. The van der Waals surface area contributed by atoms with Crippen LogP contribution >= 0.6 is 0 Å². The summed E-state index contributed by atoms with van der Waals surface area (Å²) in [6.07, 6.45) is 7.37. The zero-order valence-electron chi connectivity index (χ0n) is 11.3. The van der Waals surface area contributed by atoms with Crippen LogP contribution in [0.25, 0.3) is 0 Å². The number of rotatable bonds is 4. The summed E-state index contributed by atoms with van der Waals surface area (Å²) < 4.78 is 19.4. The number of halogens is 1. The maximum Gasteiger partial charge on any atom is 0.124 e. The number of benzene rings is 1. The minimum absolute atomic E-state index is 0.168. The summed E-state index contributed by atoms with van der Waals surface area (Å²) in [7, 11) is 0. The molecule has 2 aliphatic rings. The molecular formula is C16H22FNO. The van der Waals surface area contributed by atoms with Gasteiger partial charge in [-0.25, -0.2) is 4.39 Å². The van der Waals surface area contributed by atoms with Crippen LogP contribution in [0.3, 0.4) is 0 Å². The highest BCUT2D eigenvalue weighted by atomic mass is 19.1. The second-order valence-corrected chi connectivity index (χ2v) is 5.79. The van der Waals surface area contributed by atoms with Gasteiger partial charge in [0, 0.05) is 11.6 Å². The molecule has 2 fully saturated rings. The Balaban J connectivity index is 1.73. The molecule has 1 aromatic carbocycles. The Bertz CT molecular complexity index is 425. The first-order chi connectivity index (χ1) is 9.33. The maximum atomic E-state index is 13.5. The highest BCUT2D eigenvalue weighted by molar-refractivity contribution is 5.36. The molecule has 1 saturated heterocycles. The van der Waals surface area contributed by atoms with Gasteiger partial charge in [-0.15, -0.1) is 0 Å². The first-order valence-corrected chi connectivity index (χ1v) is 7.48. The van der Waals surface area contributed by atoms with Crippen LogP contribution in [0.5, 0.6) is 5.75 Å². The van der Waals surface area contributed by atoms with Gasteiger partial charge >= 0.3 is 0 Å². The number of ether oxygens (including phenoxy) is 1. The summed E-state index contributed by atoms with van der Waals surface area (Å²) >= 11 is 0. The Morgan fingerprint density at radius 1 is 1.16 bits per heavy atom. The zero-order valence-corrected chi connectivity index (χ0v) is 11.3. The van der Waals surface area contributed by atoms with Crippen molar-refractivity contribution >= 4 is 0 Å². The van der Waals surface area contributed by atoms with Gasteiger partial charge in [-0.1, -0.05) is 12.8 Å². The number of hydrogen-bond donors (Lipinski definition) is 1. The Morgan fingerprint density at radius 3 is 2.74 bits per heavy atom. The average Bonchev–Trinajstić information content (AvgIpc) is 2.39. The highest BCUT2D eigenvalue weighted by Crippen LogP contribution is 2.33. The van der Waals surface area contributed by atoms with Crippen molar-refractivity contribution < 1.29 is 9.13 Å². The molecule has 104 valence electrons. The van der Waals surface area contributed by atoms with E-state index in [0.29, 0.717) is 5.92 Å². The summed E-state index contributed by atoms with van der Waals surface area (Å²) in [4.78, 5) is 0. The maximum absolute atomic E-state index is 13.5. The van der Waals surface area contributed by atoms with Crippen LogP contribution in [0.1, 0.15) is 50.1 Å². The van der Waals surface area contributed by atoms with E-state index in [1.54, 1.807) is 12.1 Å². The van der Waals surface area contributed by atoms with Gasteiger partial charge in [-0.2, -0.15) is 0 Å². The van der Waals surface area contributed by atoms with E-state index in [0.717, 1.165) is 30.9 Å². The molecule has 2 nitrogen and oxygen atoms in total. The van der Waals surface area contributed by atoms with Gasteiger partial charge in [-0.05, 0) is 56.3 Å². The van der Waals surface area contributed by atoms with E-state index < -0.39 is 0 Å². The second-order valence-electron chi connectivity index (χ2n) is 5.79. The van der Waals surface area contributed by atoms with Crippen molar-refractivity contribution in [2.75, 3.05) is 13.2 Å². The summed E-state index contributed by atoms with van der Waals surface area (Å²) in [6.45, 7) is 1.80. The van der Waals surface area contributed by atoms with Crippen LogP contribution in [-0.4, -0.2) is 13.2 Å². The molecule has 1 saturated carbocycles. The van der Waals surface area contributed by atoms with E-state index in [9.17, 15) is 4.39 Å². The van der Waals surface area contributed by atoms with Crippen molar-refractivity contribution in [1.82, 2.24) is 5.32 Å². The standard InChI is InChI=1S/C16H22FNO/c17-13-7-8-16(19-11-12-4-3-5-12)14(10-13)15-6-1-2-9-18-15/h7-8,10,12,15,18H,1-6,9,11H2. The normalized spacial score (nSPS) is 23.9. The topological polar surface area (TPSA) is 21.3 Å². The van der Waals surface area contributed by atoms with Crippen molar-refractivity contribution in [2.24, 2.45) is 5.92 Å². The Kier molecular flexibility index (Phi) is 4.02. The van der Waals surface area contributed by atoms with Gasteiger partial charge in [0.1, 0.15) is 11.6 Å². The molecule has 0 amide bonds. The van der Waals surface area contributed by atoms with Gasteiger partial charge in [0.2, 0.25) is 0 Å². The quantitative estimate of drug-likeness (QED) is 0.891. The second kappa shape index (κ2) is 5.91. The van der Waals surface area contributed by atoms with Crippen LogP contribution in [0.4, 0.5) is 4.39 Å². The minimum Gasteiger partial charge on any atom is -0.493 e. The van der Waals surface area contributed by atoms with E-state index in [1.165, 1.54) is 38.2 Å². The smallest absolute Gasteiger partial charge is 0.124 e. The molecule has 19 heavy (non-hydrogen) atoms. The molecule has 1 aliphatic carbocycles. The average molecular weight is 263 g/mol.